The van der Waals surface area contributed by atoms with Gasteiger partial charge in [0.2, 0.25) is 0 Å². The molecule has 0 saturated carbocycles. The van der Waals surface area contributed by atoms with Crippen LogP contribution in [0.5, 0.6) is 0 Å². The third-order valence-corrected chi connectivity index (χ3v) is 2.87. The molecular weight excluding hydrogens is 294 g/mol. The number of hydrogen-bond acceptors (Lipinski definition) is 2. The highest BCUT2D eigenvalue weighted by molar-refractivity contribution is 6.06. The van der Waals surface area contributed by atoms with Gasteiger partial charge in [-0.15, -0.1) is 0 Å². The predicted molar refractivity (Wildman–Crippen MR) is 66.2 cm³/mol. The number of amides is 1. The normalized spacial score (nSPS) is 11.6. The van der Waals surface area contributed by atoms with Gasteiger partial charge in [-0.1, -0.05) is 12.1 Å². The second-order valence-corrected chi connectivity index (χ2v) is 4.50. The van der Waals surface area contributed by atoms with Crippen LogP contribution < -0.4 is 5.32 Å². The molecule has 0 bridgehead atoms. The maximum atomic E-state index is 12.8. The Morgan fingerprint density at radius 1 is 1.19 bits per heavy atom. The van der Waals surface area contributed by atoms with Crippen molar-refractivity contribution in [2.75, 3.05) is 6.54 Å². The highest BCUT2D eigenvalue weighted by atomic mass is 19.3. The zero-order chi connectivity index (χ0) is 16.4. The van der Waals surface area contributed by atoms with E-state index in [1.807, 2.05) is 0 Å². The largest absolute Gasteiger partial charge is 0.478 e. The van der Waals surface area contributed by atoms with E-state index in [-0.39, 0.29) is 22.3 Å². The molecule has 0 aliphatic heterocycles. The minimum Gasteiger partial charge on any atom is -0.478 e. The number of aromatic carboxylic acids is 1. The number of alkyl halides is 4. The highest BCUT2D eigenvalue weighted by Gasteiger charge is 2.41. The molecule has 8 heteroatoms. The number of carboxylic acids is 1. The van der Waals surface area contributed by atoms with Crippen molar-refractivity contribution >= 4 is 11.9 Å². The Balaban J connectivity index is 3.09. The van der Waals surface area contributed by atoms with Gasteiger partial charge >= 0.3 is 18.3 Å². The van der Waals surface area contributed by atoms with Gasteiger partial charge in [-0.2, -0.15) is 8.78 Å². The molecular formula is C13H13F4NO3. The number of carboxylic acid groups (broad SMARTS) is 1. The van der Waals surface area contributed by atoms with Gasteiger partial charge in [0.15, 0.2) is 0 Å². The van der Waals surface area contributed by atoms with Gasteiger partial charge in [-0.25, -0.2) is 13.6 Å². The summed E-state index contributed by atoms with van der Waals surface area (Å²) < 4.78 is 49.6. The summed E-state index contributed by atoms with van der Waals surface area (Å²) >= 11 is 0. The van der Waals surface area contributed by atoms with Gasteiger partial charge in [-0.3, -0.25) is 4.79 Å². The van der Waals surface area contributed by atoms with Crippen molar-refractivity contribution in [3.8, 4) is 0 Å². The Hall–Kier alpha value is -2.12. The quantitative estimate of drug-likeness (QED) is 0.822. The van der Waals surface area contributed by atoms with Crippen LogP contribution >= 0.6 is 0 Å². The van der Waals surface area contributed by atoms with Crippen LogP contribution in [0.1, 0.15) is 31.8 Å². The molecule has 0 spiro atoms. The van der Waals surface area contributed by atoms with E-state index < -0.39 is 30.8 Å². The third kappa shape index (κ3) is 3.71. The SMILES string of the molecule is Cc1ccc(C)c(C(=O)NCC(F)(F)C(F)F)c1C(=O)O. The Morgan fingerprint density at radius 2 is 1.67 bits per heavy atom. The van der Waals surface area contributed by atoms with Gasteiger partial charge in [0.05, 0.1) is 17.7 Å². The van der Waals surface area contributed by atoms with Gasteiger partial charge in [0.25, 0.3) is 5.91 Å². The van der Waals surface area contributed by atoms with E-state index in [1.165, 1.54) is 26.0 Å². The Kier molecular flexibility index (Phi) is 4.93. The van der Waals surface area contributed by atoms with E-state index in [9.17, 15) is 27.2 Å². The van der Waals surface area contributed by atoms with Crippen LogP contribution in [0.4, 0.5) is 17.6 Å². The molecule has 2 N–H and O–H groups in total. The monoisotopic (exact) mass is 307 g/mol. The molecule has 21 heavy (non-hydrogen) atoms. The zero-order valence-electron chi connectivity index (χ0n) is 11.2. The number of halogens is 4. The minimum absolute atomic E-state index is 0.246. The summed E-state index contributed by atoms with van der Waals surface area (Å²) in [6.07, 6.45) is -3.92. The molecule has 1 aromatic rings. The van der Waals surface area contributed by atoms with Crippen LogP contribution in [0, 0.1) is 13.8 Å². The molecule has 1 aromatic carbocycles. The summed E-state index contributed by atoms with van der Waals surface area (Å²) in [6, 6.07) is 2.91. The van der Waals surface area contributed by atoms with Crippen LogP contribution in [-0.2, 0) is 0 Å². The molecule has 0 aliphatic carbocycles. The summed E-state index contributed by atoms with van der Waals surface area (Å²) in [5.74, 6) is -6.91. The molecule has 0 atom stereocenters. The highest BCUT2D eigenvalue weighted by Crippen LogP contribution is 2.23. The van der Waals surface area contributed by atoms with E-state index in [0.29, 0.717) is 0 Å². The lowest BCUT2D eigenvalue weighted by Crippen LogP contribution is -2.42. The first-order chi connectivity index (χ1) is 9.58. The summed E-state index contributed by atoms with van der Waals surface area (Å²) in [4.78, 5) is 23.0. The van der Waals surface area contributed by atoms with Gasteiger partial charge in [-0.05, 0) is 25.0 Å². The van der Waals surface area contributed by atoms with Gasteiger partial charge < -0.3 is 10.4 Å². The molecule has 1 rings (SSSR count). The molecule has 116 valence electrons. The molecule has 0 aliphatic rings. The number of carbonyl (C=O) groups is 2. The van der Waals surface area contributed by atoms with E-state index in [0.717, 1.165) is 0 Å². The smallest absolute Gasteiger partial charge is 0.336 e. The molecule has 0 radical (unpaired) electrons. The van der Waals surface area contributed by atoms with Crippen molar-refractivity contribution in [3.63, 3.8) is 0 Å². The van der Waals surface area contributed by atoms with Gasteiger partial charge in [0, 0.05) is 0 Å². The number of benzene rings is 1. The molecule has 0 heterocycles. The molecule has 0 fully saturated rings. The van der Waals surface area contributed by atoms with Crippen molar-refractivity contribution in [2.45, 2.75) is 26.2 Å². The molecule has 0 unspecified atom stereocenters. The lowest BCUT2D eigenvalue weighted by atomic mass is 9.96. The van der Waals surface area contributed by atoms with E-state index >= 15 is 0 Å². The first-order valence-electron chi connectivity index (χ1n) is 5.85. The maximum absolute atomic E-state index is 12.8. The van der Waals surface area contributed by atoms with Crippen LogP contribution in [0.15, 0.2) is 12.1 Å². The van der Waals surface area contributed by atoms with Crippen molar-refractivity contribution in [2.24, 2.45) is 0 Å². The Labute approximate surface area is 117 Å². The van der Waals surface area contributed by atoms with Crippen molar-refractivity contribution in [1.82, 2.24) is 5.32 Å². The summed E-state index contributed by atoms with van der Waals surface area (Å²) in [5.41, 5.74) is -0.143. The second kappa shape index (κ2) is 6.11. The van der Waals surface area contributed by atoms with Crippen LogP contribution in [0.2, 0.25) is 0 Å². The van der Waals surface area contributed by atoms with E-state index in [2.05, 4.69) is 0 Å². The first-order valence-corrected chi connectivity index (χ1v) is 5.85. The predicted octanol–water partition coefficient (Wildman–Crippen LogP) is 2.63. The van der Waals surface area contributed by atoms with Crippen LogP contribution in [0.25, 0.3) is 0 Å². The lowest BCUT2D eigenvalue weighted by molar-refractivity contribution is -0.123. The fraction of sp³-hybridized carbons (Fsp3) is 0.385. The lowest BCUT2D eigenvalue weighted by Gasteiger charge is -2.17. The summed E-state index contributed by atoms with van der Waals surface area (Å²) in [7, 11) is 0. The summed E-state index contributed by atoms with van der Waals surface area (Å²) in [5, 5.41) is 10.7. The number of rotatable bonds is 5. The number of hydrogen-bond donors (Lipinski definition) is 2. The maximum Gasteiger partial charge on any atom is 0.336 e. The average Bonchev–Trinajstić information content (AvgIpc) is 2.37. The van der Waals surface area contributed by atoms with Crippen LogP contribution in [0.3, 0.4) is 0 Å². The summed E-state index contributed by atoms with van der Waals surface area (Å²) in [6.45, 7) is 1.29. The van der Waals surface area contributed by atoms with Crippen LogP contribution in [-0.4, -0.2) is 35.9 Å². The second-order valence-electron chi connectivity index (χ2n) is 4.50. The molecule has 0 aromatic heterocycles. The zero-order valence-corrected chi connectivity index (χ0v) is 11.2. The van der Waals surface area contributed by atoms with E-state index in [4.69, 9.17) is 5.11 Å². The average molecular weight is 307 g/mol. The topological polar surface area (TPSA) is 66.4 Å². The van der Waals surface area contributed by atoms with Crippen molar-refractivity contribution in [3.05, 3.63) is 34.4 Å². The van der Waals surface area contributed by atoms with Crippen molar-refractivity contribution < 1.29 is 32.3 Å². The first kappa shape index (κ1) is 16.9. The fourth-order valence-electron chi connectivity index (χ4n) is 1.74. The number of carbonyl (C=O) groups excluding carboxylic acids is 1. The number of aryl methyl sites for hydroxylation is 2. The Bertz CT molecular complexity index is 573. The van der Waals surface area contributed by atoms with Crippen molar-refractivity contribution in [1.29, 1.82) is 0 Å². The third-order valence-electron chi connectivity index (χ3n) is 2.87. The number of nitrogens with one attached hydrogen (secondary N) is 1. The van der Waals surface area contributed by atoms with Gasteiger partial charge in [0.1, 0.15) is 0 Å². The molecule has 0 saturated heterocycles. The Morgan fingerprint density at radius 3 is 2.10 bits per heavy atom. The van der Waals surface area contributed by atoms with E-state index in [1.54, 1.807) is 5.32 Å². The molecule has 4 nitrogen and oxygen atoms in total. The molecule has 1 amide bonds. The standard InChI is InChI=1S/C13H13F4NO3/c1-6-3-4-7(2)9(11(20)21)8(6)10(19)18-5-13(16,17)12(14)15/h3-4,12H,5H2,1-2H3,(H,18,19)(H,20,21). The fourth-order valence-corrected chi connectivity index (χ4v) is 1.74. The minimum atomic E-state index is -4.38.